The highest BCUT2D eigenvalue weighted by atomic mass is 19.4. The predicted octanol–water partition coefficient (Wildman–Crippen LogP) is 3.16. The topological polar surface area (TPSA) is 102 Å². The van der Waals surface area contributed by atoms with E-state index in [4.69, 9.17) is 0 Å². The number of amides is 2. The van der Waals surface area contributed by atoms with Crippen molar-refractivity contribution in [3.63, 3.8) is 0 Å². The highest BCUT2D eigenvalue weighted by Gasteiger charge is 2.41. The number of carbonyl (C=O) groups excluding carboxylic acids is 3. The number of ether oxygens (including phenoxy) is 1. The van der Waals surface area contributed by atoms with Crippen molar-refractivity contribution in [1.82, 2.24) is 20.4 Å². The van der Waals surface area contributed by atoms with Gasteiger partial charge in [-0.3, -0.25) is 9.59 Å². The first-order valence-corrected chi connectivity index (χ1v) is 10.7. The molecule has 0 saturated carbocycles. The van der Waals surface area contributed by atoms with Gasteiger partial charge in [0.2, 0.25) is 5.91 Å². The largest absolute Gasteiger partial charge is 0.462 e. The molecular weight excluding hydrogens is 465 g/mol. The third-order valence-electron chi connectivity index (χ3n) is 4.85. The van der Waals surface area contributed by atoms with Crippen LogP contribution in [-0.4, -0.2) is 47.3 Å². The smallest absolute Gasteiger partial charge is 0.434 e. The van der Waals surface area contributed by atoms with Crippen LogP contribution >= 0.6 is 0 Å². The number of nitrogens with one attached hydrogen (secondary N) is 2. The summed E-state index contributed by atoms with van der Waals surface area (Å²) in [5, 5.41) is 9.02. The molecule has 2 N–H and O–H groups in total. The highest BCUT2D eigenvalue weighted by Crippen LogP contribution is 2.34. The number of hydrogen-bond acceptors (Lipinski definition) is 5. The molecule has 0 spiro atoms. The molecule has 0 radical (unpaired) electrons. The minimum Gasteiger partial charge on any atom is -0.462 e. The van der Waals surface area contributed by atoms with Gasteiger partial charge in [0.15, 0.2) is 5.69 Å². The minimum absolute atomic E-state index is 0.0117. The number of halogens is 3. The van der Waals surface area contributed by atoms with Crippen molar-refractivity contribution in [3.8, 4) is 5.69 Å². The van der Waals surface area contributed by atoms with Crippen molar-refractivity contribution >= 4 is 17.8 Å². The summed E-state index contributed by atoms with van der Waals surface area (Å²) in [6.07, 6.45) is -3.84. The predicted molar refractivity (Wildman–Crippen MR) is 120 cm³/mol. The Morgan fingerprint density at radius 1 is 0.971 bits per heavy atom. The molecule has 1 aromatic heterocycles. The maximum atomic E-state index is 13.6. The van der Waals surface area contributed by atoms with Crippen molar-refractivity contribution in [3.05, 3.63) is 83.2 Å². The lowest BCUT2D eigenvalue weighted by Crippen LogP contribution is -2.35. The van der Waals surface area contributed by atoms with Crippen LogP contribution in [-0.2, 0) is 22.1 Å². The van der Waals surface area contributed by atoms with E-state index < -0.39 is 29.3 Å². The maximum Gasteiger partial charge on any atom is 0.434 e. The second-order valence-corrected chi connectivity index (χ2v) is 7.35. The van der Waals surface area contributed by atoms with Gasteiger partial charge in [-0.05, 0) is 36.8 Å². The number of aromatic nitrogens is 2. The molecule has 184 valence electrons. The monoisotopic (exact) mass is 488 g/mol. The van der Waals surface area contributed by atoms with E-state index in [1.165, 1.54) is 31.2 Å². The number of carbonyl (C=O) groups is 3. The molecule has 2 aromatic carbocycles. The Balaban J connectivity index is 1.59. The third-order valence-corrected chi connectivity index (χ3v) is 4.85. The van der Waals surface area contributed by atoms with Gasteiger partial charge in [-0.1, -0.05) is 30.3 Å². The van der Waals surface area contributed by atoms with E-state index in [0.717, 1.165) is 11.8 Å². The van der Waals surface area contributed by atoms with Gasteiger partial charge in [-0.25, -0.2) is 9.48 Å². The van der Waals surface area contributed by atoms with Crippen LogP contribution in [0.15, 0.2) is 60.8 Å². The SMILES string of the molecule is CCOC(=O)c1cnn(-c2ccc(C(=O)NCCNC(=O)Cc3ccccc3)cc2)c1C(F)(F)F. The molecule has 0 aliphatic carbocycles. The Bertz CT molecular complexity index is 1180. The van der Waals surface area contributed by atoms with Crippen LogP contribution < -0.4 is 10.6 Å². The summed E-state index contributed by atoms with van der Waals surface area (Å²) in [4.78, 5) is 36.2. The summed E-state index contributed by atoms with van der Waals surface area (Å²) in [5.41, 5.74) is -0.877. The molecule has 0 aliphatic heterocycles. The zero-order valence-electron chi connectivity index (χ0n) is 18.8. The number of hydrogen-bond donors (Lipinski definition) is 2. The van der Waals surface area contributed by atoms with Crippen molar-refractivity contribution in [2.24, 2.45) is 0 Å². The molecule has 0 bridgehead atoms. The van der Waals surface area contributed by atoms with Crippen LogP contribution in [0.2, 0.25) is 0 Å². The first-order chi connectivity index (χ1) is 16.7. The molecular formula is C24H23F3N4O4. The number of rotatable bonds is 9. The molecule has 8 nitrogen and oxygen atoms in total. The fourth-order valence-electron chi connectivity index (χ4n) is 3.25. The summed E-state index contributed by atoms with van der Waals surface area (Å²) < 4.78 is 46.1. The van der Waals surface area contributed by atoms with Crippen molar-refractivity contribution < 1.29 is 32.3 Å². The molecule has 1 heterocycles. The minimum atomic E-state index is -4.86. The molecule has 2 amide bonds. The van der Waals surface area contributed by atoms with E-state index >= 15 is 0 Å². The van der Waals surface area contributed by atoms with E-state index in [0.29, 0.717) is 4.68 Å². The van der Waals surface area contributed by atoms with Gasteiger partial charge in [0.1, 0.15) is 5.56 Å². The van der Waals surface area contributed by atoms with Gasteiger partial charge in [0.05, 0.1) is 24.9 Å². The number of esters is 1. The van der Waals surface area contributed by atoms with Crippen molar-refractivity contribution in [1.29, 1.82) is 0 Å². The number of benzene rings is 2. The van der Waals surface area contributed by atoms with Gasteiger partial charge in [0, 0.05) is 18.7 Å². The Hall–Kier alpha value is -4.15. The molecule has 0 saturated heterocycles. The molecule has 0 atom stereocenters. The maximum absolute atomic E-state index is 13.6. The molecule has 11 heteroatoms. The van der Waals surface area contributed by atoms with Crippen molar-refractivity contribution in [2.45, 2.75) is 19.5 Å². The Labute approximate surface area is 199 Å². The fourth-order valence-corrected chi connectivity index (χ4v) is 3.25. The first kappa shape index (κ1) is 25.5. The number of nitrogens with zero attached hydrogens (tertiary/aromatic N) is 2. The Morgan fingerprint density at radius 3 is 2.26 bits per heavy atom. The Morgan fingerprint density at radius 2 is 1.63 bits per heavy atom. The van der Waals surface area contributed by atoms with Crippen LogP contribution in [0.1, 0.15) is 38.9 Å². The zero-order chi connectivity index (χ0) is 25.4. The standard InChI is InChI=1S/C24H23F3N4O4/c1-2-35-23(34)19-15-30-31(21(19)24(25,26)27)18-10-8-17(9-11-18)22(33)29-13-12-28-20(32)14-16-6-4-3-5-7-16/h3-11,15H,2,12-14H2,1H3,(H,28,32)(H,29,33). The van der Waals surface area contributed by atoms with Crippen molar-refractivity contribution in [2.75, 3.05) is 19.7 Å². The van der Waals surface area contributed by atoms with E-state index in [2.05, 4.69) is 20.5 Å². The van der Waals surface area contributed by atoms with E-state index in [-0.39, 0.29) is 43.3 Å². The summed E-state index contributed by atoms with van der Waals surface area (Å²) in [7, 11) is 0. The first-order valence-electron chi connectivity index (χ1n) is 10.7. The highest BCUT2D eigenvalue weighted by molar-refractivity contribution is 5.94. The summed E-state index contributed by atoms with van der Waals surface area (Å²) in [6, 6.07) is 14.4. The Kier molecular flexibility index (Phi) is 8.24. The molecule has 35 heavy (non-hydrogen) atoms. The van der Waals surface area contributed by atoms with Gasteiger partial charge < -0.3 is 15.4 Å². The lowest BCUT2D eigenvalue weighted by atomic mass is 10.1. The molecule has 3 aromatic rings. The fraction of sp³-hybridized carbons (Fsp3) is 0.250. The average molecular weight is 488 g/mol. The number of alkyl halides is 3. The van der Waals surface area contributed by atoms with E-state index in [1.54, 1.807) is 0 Å². The van der Waals surface area contributed by atoms with E-state index in [9.17, 15) is 27.6 Å². The van der Waals surface area contributed by atoms with Gasteiger partial charge in [-0.15, -0.1) is 0 Å². The molecule has 0 aliphatic rings. The van der Waals surface area contributed by atoms with Crippen LogP contribution in [0, 0.1) is 0 Å². The van der Waals surface area contributed by atoms with Gasteiger partial charge in [-0.2, -0.15) is 18.3 Å². The normalized spacial score (nSPS) is 11.1. The lowest BCUT2D eigenvalue weighted by molar-refractivity contribution is -0.143. The van der Waals surface area contributed by atoms with Gasteiger partial charge in [0.25, 0.3) is 5.91 Å². The van der Waals surface area contributed by atoms with Crippen LogP contribution in [0.3, 0.4) is 0 Å². The zero-order valence-corrected chi connectivity index (χ0v) is 18.8. The summed E-state index contributed by atoms with van der Waals surface area (Å²) in [6.45, 7) is 1.79. The molecule has 0 unspecified atom stereocenters. The van der Waals surface area contributed by atoms with Crippen LogP contribution in [0.4, 0.5) is 13.2 Å². The van der Waals surface area contributed by atoms with E-state index in [1.807, 2.05) is 30.3 Å². The van der Waals surface area contributed by atoms with Crippen LogP contribution in [0.25, 0.3) is 5.69 Å². The quantitative estimate of drug-likeness (QED) is 0.356. The second kappa shape index (κ2) is 11.3. The third kappa shape index (κ3) is 6.69. The second-order valence-electron chi connectivity index (χ2n) is 7.35. The van der Waals surface area contributed by atoms with Gasteiger partial charge >= 0.3 is 12.1 Å². The molecule has 3 rings (SSSR count). The molecule has 0 fully saturated rings. The average Bonchev–Trinajstić information content (AvgIpc) is 3.29. The van der Waals surface area contributed by atoms with Crippen LogP contribution in [0.5, 0.6) is 0 Å². The lowest BCUT2D eigenvalue weighted by Gasteiger charge is -2.13. The summed E-state index contributed by atoms with van der Waals surface area (Å²) >= 11 is 0. The summed E-state index contributed by atoms with van der Waals surface area (Å²) in [5.74, 6) is -1.77.